The number of nitrogens with one attached hydrogen (secondary N) is 2. The van der Waals surface area contributed by atoms with Crippen LogP contribution in [0.15, 0.2) is 80.2 Å². The van der Waals surface area contributed by atoms with Gasteiger partial charge in [-0.25, -0.2) is 4.39 Å². The van der Waals surface area contributed by atoms with Gasteiger partial charge in [-0.1, -0.05) is 62.2 Å². The molecule has 0 aliphatic carbocycles. The number of halogens is 1. The quantitative estimate of drug-likeness (QED) is 0.475. The predicted octanol–water partition coefficient (Wildman–Crippen LogP) is 5.38. The first-order valence-electron chi connectivity index (χ1n) is 8.12. The van der Waals surface area contributed by atoms with Gasteiger partial charge in [-0.2, -0.15) is 0 Å². The summed E-state index contributed by atoms with van der Waals surface area (Å²) in [5.41, 5.74) is 4.27. The van der Waals surface area contributed by atoms with E-state index >= 15 is 0 Å². The molecule has 0 spiro atoms. The molecule has 0 aliphatic rings. The molecule has 0 bridgehead atoms. The average molecular weight is 334 g/mol. The molecule has 2 aromatic rings. The largest absolute Gasteiger partial charge is 0.389 e. The maximum atomic E-state index is 13.8. The molecule has 25 heavy (non-hydrogen) atoms. The lowest BCUT2D eigenvalue weighted by Crippen LogP contribution is -2.12. The third-order valence-corrected chi connectivity index (χ3v) is 3.73. The number of benzene rings is 2. The highest BCUT2D eigenvalue weighted by atomic mass is 19.1. The Hall–Kier alpha value is -3.07. The van der Waals surface area contributed by atoms with Crippen LogP contribution in [0.2, 0.25) is 0 Å². The van der Waals surface area contributed by atoms with E-state index in [0.717, 1.165) is 24.2 Å². The van der Waals surface area contributed by atoms with Crippen LogP contribution >= 0.6 is 0 Å². The fourth-order valence-corrected chi connectivity index (χ4v) is 2.36. The zero-order valence-corrected chi connectivity index (χ0v) is 14.3. The molecule has 0 aliphatic heterocycles. The maximum absolute atomic E-state index is 13.8. The Morgan fingerprint density at radius 2 is 1.88 bits per heavy atom. The van der Waals surface area contributed by atoms with Crippen LogP contribution in [-0.2, 0) is 6.42 Å². The number of allylic oxidation sites excluding steroid dienone is 1. The van der Waals surface area contributed by atoms with Gasteiger partial charge in [-0.3, -0.25) is 0 Å². The Balaban J connectivity index is 1.91. The Kier molecular flexibility index (Phi) is 6.78. The molecule has 0 saturated carbocycles. The topological polar surface area (TPSA) is 24.1 Å². The van der Waals surface area contributed by atoms with Crippen molar-refractivity contribution in [2.75, 3.05) is 11.9 Å². The van der Waals surface area contributed by atoms with Crippen LogP contribution in [0.1, 0.15) is 16.7 Å². The minimum atomic E-state index is -0.307. The summed E-state index contributed by atoms with van der Waals surface area (Å²) in [6, 6.07) is 13.2. The van der Waals surface area contributed by atoms with Gasteiger partial charge < -0.3 is 10.6 Å². The van der Waals surface area contributed by atoms with Gasteiger partial charge in [0.25, 0.3) is 0 Å². The number of anilines is 1. The van der Waals surface area contributed by atoms with Crippen LogP contribution < -0.4 is 10.6 Å². The molecule has 0 heterocycles. The summed E-state index contributed by atoms with van der Waals surface area (Å²) in [6.07, 6.45) is 7.75. The Labute approximate surface area is 149 Å². The first-order chi connectivity index (χ1) is 12.2. The predicted molar refractivity (Wildman–Crippen MR) is 107 cm³/mol. The molecule has 2 nitrogen and oxygen atoms in total. The average Bonchev–Trinajstić information content (AvgIpc) is 2.64. The SMILES string of the molecule is C=C/C(=C\NCCc1cccc(C=C)c1)Nc1ccc(C=C)c(F)c1. The van der Waals surface area contributed by atoms with Gasteiger partial charge in [0, 0.05) is 24.0 Å². The summed E-state index contributed by atoms with van der Waals surface area (Å²) in [6.45, 7) is 11.9. The van der Waals surface area contributed by atoms with Crippen LogP contribution in [0.5, 0.6) is 0 Å². The third-order valence-electron chi connectivity index (χ3n) is 3.73. The second-order valence-corrected chi connectivity index (χ2v) is 5.52. The van der Waals surface area contributed by atoms with Gasteiger partial charge in [0.1, 0.15) is 5.82 Å². The van der Waals surface area contributed by atoms with Crippen LogP contribution in [0, 0.1) is 5.82 Å². The van der Waals surface area contributed by atoms with E-state index < -0.39 is 0 Å². The fraction of sp³-hybridized carbons (Fsp3) is 0.0909. The van der Waals surface area contributed by atoms with Gasteiger partial charge in [0.05, 0.1) is 5.70 Å². The first kappa shape index (κ1) is 18.3. The Morgan fingerprint density at radius 1 is 1.04 bits per heavy atom. The van der Waals surface area contributed by atoms with Crippen LogP contribution in [0.3, 0.4) is 0 Å². The van der Waals surface area contributed by atoms with E-state index in [1.165, 1.54) is 17.7 Å². The van der Waals surface area contributed by atoms with Crippen molar-refractivity contribution in [2.24, 2.45) is 0 Å². The summed E-state index contributed by atoms with van der Waals surface area (Å²) in [5.74, 6) is -0.307. The molecule has 2 N–H and O–H groups in total. The van der Waals surface area contributed by atoms with E-state index in [0.29, 0.717) is 11.3 Å². The molecule has 2 aromatic carbocycles. The van der Waals surface area contributed by atoms with Gasteiger partial charge in [-0.05, 0) is 35.8 Å². The summed E-state index contributed by atoms with van der Waals surface area (Å²) in [7, 11) is 0. The standard InChI is InChI=1S/C22H23FN2/c1-4-17-8-7-9-18(14-17)12-13-24-16-20(6-3)25-21-11-10-19(5-2)22(23)15-21/h4-11,14-16,24-25H,1-3,12-13H2/b20-16+. The highest BCUT2D eigenvalue weighted by Gasteiger charge is 2.01. The third kappa shape index (κ3) is 5.50. The summed E-state index contributed by atoms with van der Waals surface area (Å²) < 4.78 is 13.8. The van der Waals surface area contributed by atoms with Gasteiger partial charge >= 0.3 is 0 Å². The van der Waals surface area contributed by atoms with Crippen molar-refractivity contribution in [3.8, 4) is 0 Å². The normalized spacial score (nSPS) is 10.8. The molecule has 0 aromatic heterocycles. The van der Waals surface area contributed by atoms with Crippen LogP contribution in [-0.4, -0.2) is 6.54 Å². The first-order valence-corrected chi connectivity index (χ1v) is 8.12. The highest BCUT2D eigenvalue weighted by Crippen LogP contribution is 2.17. The number of hydrogen-bond donors (Lipinski definition) is 2. The fourth-order valence-electron chi connectivity index (χ4n) is 2.36. The minimum absolute atomic E-state index is 0.307. The monoisotopic (exact) mass is 334 g/mol. The summed E-state index contributed by atoms with van der Waals surface area (Å²) >= 11 is 0. The van der Waals surface area contributed by atoms with Crippen LogP contribution in [0.25, 0.3) is 12.2 Å². The van der Waals surface area contributed by atoms with Crippen molar-refractivity contribution < 1.29 is 4.39 Å². The minimum Gasteiger partial charge on any atom is -0.389 e. The van der Waals surface area contributed by atoms with Crippen LogP contribution in [0.4, 0.5) is 10.1 Å². The van der Waals surface area contributed by atoms with Crippen molar-refractivity contribution in [1.82, 2.24) is 5.32 Å². The van der Waals surface area contributed by atoms with Crippen molar-refractivity contribution in [2.45, 2.75) is 6.42 Å². The summed E-state index contributed by atoms with van der Waals surface area (Å²) in [5, 5.41) is 6.38. The lowest BCUT2D eigenvalue weighted by atomic mass is 10.1. The highest BCUT2D eigenvalue weighted by molar-refractivity contribution is 5.57. The van der Waals surface area contributed by atoms with Crippen molar-refractivity contribution in [3.63, 3.8) is 0 Å². The molecule has 128 valence electrons. The van der Waals surface area contributed by atoms with E-state index in [9.17, 15) is 4.39 Å². The van der Waals surface area contributed by atoms with E-state index in [1.807, 2.05) is 24.4 Å². The van der Waals surface area contributed by atoms with E-state index in [2.05, 4.69) is 42.5 Å². The van der Waals surface area contributed by atoms with Crippen molar-refractivity contribution in [1.29, 1.82) is 0 Å². The Bertz CT molecular complexity index is 790. The van der Waals surface area contributed by atoms with E-state index in [4.69, 9.17) is 0 Å². The molecule has 0 fully saturated rings. The lowest BCUT2D eigenvalue weighted by Gasteiger charge is -2.10. The molecule has 2 rings (SSSR count). The second-order valence-electron chi connectivity index (χ2n) is 5.52. The molecule has 3 heteroatoms. The van der Waals surface area contributed by atoms with E-state index in [-0.39, 0.29) is 5.82 Å². The van der Waals surface area contributed by atoms with E-state index in [1.54, 1.807) is 18.2 Å². The number of rotatable bonds is 9. The molecule has 0 saturated heterocycles. The molecule has 0 amide bonds. The zero-order valence-electron chi connectivity index (χ0n) is 14.3. The molecular weight excluding hydrogens is 311 g/mol. The van der Waals surface area contributed by atoms with Crippen molar-refractivity contribution >= 4 is 17.8 Å². The molecular formula is C22H23FN2. The van der Waals surface area contributed by atoms with Gasteiger partial charge in [0.2, 0.25) is 0 Å². The van der Waals surface area contributed by atoms with Crippen molar-refractivity contribution in [3.05, 3.63) is 103 Å². The molecule has 0 unspecified atom stereocenters. The van der Waals surface area contributed by atoms with Gasteiger partial charge in [0.15, 0.2) is 0 Å². The molecule has 0 atom stereocenters. The smallest absolute Gasteiger partial charge is 0.132 e. The molecule has 0 radical (unpaired) electrons. The number of hydrogen-bond acceptors (Lipinski definition) is 2. The summed E-state index contributed by atoms with van der Waals surface area (Å²) in [4.78, 5) is 0. The zero-order chi connectivity index (χ0) is 18.1. The lowest BCUT2D eigenvalue weighted by molar-refractivity contribution is 0.625. The Morgan fingerprint density at radius 3 is 2.56 bits per heavy atom. The second kappa shape index (κ2) is 9.28. The van der Waals surface area contributed by atoms with Gasteiger partial charge in [-0.15, -0.1) is 0 Å². The maximum Gasteiger partial charge on any atom is 0.132 e.